The van der Waals surface area contributed by atoms with E-state index in [4.69, 9.17) is 16.3 Å². The molecule has 2 aliphatic rings. The molecule has 0 bridgehead atoms. The van der Waals surface area contributed by atoms with Gasteiger partial charge in [-0.3, -0.25) is 15.4 Å². The maximum Gasteiger partial charge on any atom is 0.249 e. The molecule has 3 N–H and O–H groups in total. The predicted molar refractivity (Wildman–Crippen MR) is 81.1 cm³/mol. The Kier molecular flexibility index (Phi) is 4.75. The Balaban J connectivity index is 1.49. The number of amides is 1. The molecule has 0 aromatic heterocycles. The van der Waals surface area contributed by atoms with E-state index in [2.05, 4.69) is 16.0 Å². The third-order valence-corrected chi connectivity index (χ3v) is 4.12. The summed E-state index contributed by atoms with van der Waals surface area (Å²) in [6, 6.07) is 7.85. The molecule has 0 aliphatic carbocycles. The second-order valence-electron chi connectivity index (χ2n) is 5.51. The monoisotopic (exact) mass is 309 g/mol. The van der Waals surface area contributed by atoms with E-state index in [-0.39, 0.29) is 24.2 Å². The fourth-order valence-corrected chi connectivity index (χ4v) is 2.97. The zero-order chi connectivity index (χ0) is 14.7. The Morgan fingerprint density at radius 1 is 1.33 bits per heavy atom. The second-order valence-corrected chi connectivity index (χ2v) is 5.95. The van der Waals surface area contributed by atoms with Crippen molar-refractivity contribution in [2.75, 3.05) is 19.7 Å². The normalized spacial score (nSPS) is 29.3. The molecule has 0 spiro atoms. The van der Waals surface area contributed by atoms with E-state index in [1.807, 2.05) is 24.3 Å². The van der Waals surface area contributed by atoms with Gasteiger partial charge in [0.2, 0.25) is 5.91 Å². The molecular weight excluding hydrogens is 290 g/mol. The Labute approximate surface area is 129 Å². The van der Waals surface area contributed by atoms with Crippen molar-refractivity contribution in [2.45, 2.75) is 31.2 Å². The molecule has 2 heterocycles. The minimum atomic E-state index is -0.268. The standard InChI is InChI=1S/C15H20ClN3O2/c16-11-4-1-3-10(7-11)14-17-8-12(9-18-14)19-15(20)13-5-2-6-21-13/h1,3-4,7,12-14,17-18H,2,5-6,8-9H2,(H,19,20). The van der Waals surface area contributed by atoms with E-state index in [9.17, 15) is 4.79 Å². The van der Waals surface area contributed by atoms with Gasteiger partial charge in [0, 0.05) is 24.7 Å². The van der Waals surface area contributed by atoms with Gasteiger partial charge in [-0.1, -0.05) is 23.7 Å². The number of benzene rings is 1. The minimum absolute atomic E-state index is 0.00213. The summed E-state index contributed by atoms with van der Waals surface area (Å²) in [5.74, 6) is 0.00213. The molecule has 6 heteroatoms. The Hall–Kier alpha value is -1.14. The second kappa shape index (κ2) is 6.75. The quantitative estimate of drug-likeness (QED) is 0.785. The van der Waals surface area contributed by atoms with Crippen molar-refractivity contribution in [3.63, 3.8) is 0 Å². The van der Waals surface area contributed by atoms with Crippen molar-refractivity contribution < 1.29 is 9.53 Å². The highest BCUT2D eigenvalue weighted by molar-refractivity contribution is 6.30. The number of hydrogen-bond donors (Lipinski definition) is 3. The lowest BCUT2D eigenvalue weighted by atomic mass is 10.1. The van der Waals surface area contributed by atoms with E-state index in [1.165, 1.54) is 0 Å². The highest BCUT2D eigenvalue weighted by Gasteiger charge is 2.27. The minimum Gasteiger partial charge on any atom is -0.368 e. The number of carbonyl (C=O) groups is 1. The lowest BCUT2D eigenvalue weighted by Gasteiger charge is -2.32. The third-order valence-electron chi connectivity index (χ3n) is 3.89. The van der Waals surface area contributed by atoms with Crippen molar-refractivity contribution in [1.29, 1.82) is 0 Å². The Morgan fingerprint density at radius 3 is 2.81 bits per heavy atom. The highest BCUT2D eigenvalue weighted by Crippen LogP contribution is 2.17. The van der Waals surface area contributed by atoms with Crippen LogP contribution in [0.5, 0.6) is 0 Å². The zero-order valence-corrected chi connectivity index (χ0v) is 12.5. The largest absolute Gasteiger partial charge is 0.368 e. The molecule has 1 aromatic carbocycles. The Bertz CT molecular complexity index is 497. The first-order valence-corrected chi connectivity index (χ1v) is 7.74. The molecule has 5 nitrogen and oxygen atoms in total. The molecular formula is C15H20ClN3O2. The molecule has 2 saturated heterocycles. The first kappa shape index (κ1) is 14.8. The fraction of sp³-hybridized carbons (Fsp3) is 0.533. The predicted octanol–water partition coefficient (Wildman–Crippen LogP) is 1.20. The average Bonchev–Trinajstić information content (AvgIpc) is 3.02. The van der Waals surface area contributed by atoms with Crippen LogP contribution in [0.25, 0.3) is 0 Å². The van der Waals surface area contributed by atoms with Gasteiger partial charge in [0.25, 0.3) is 0 Å². The summed E-state index contributed by atoms with van der Waals surface area (Å²) in [5.41, 5.74) is 1.10. The maximum atomic E-state index is 12.0. The van der Waals surface area contributed by atoms with Crippen LogP contribution in [-0.2, 0) is 9.53 Å². The van der Waals surface area contributed by atoms with E-state index < -0.39 is 0 Å². The van der Waals surface area contributed by atoms with Gasteiger partial charge in [0.1, 0.15) is 6.10 Å². The summed E-state index contributed by atoms with van der Waals surface area (Å²) >= 11 is 6.01. The summed E-state index contributed by atoms with van der Waals surface area (Å²) in [7, 11) is 0. The van der Waals surface area contributed by atoms with Crippen LogP contribution < -0.4 is 16.0 Å². The molecule has 21 heavy (non-hydrogen) atoms. The van der Waals surface area contributed by atoms with E-state index in [0.29, 0.717) is 6.61 Å². The van der Waals surface area contributed by atoms with Crippen LogP contribution in [0.4, 0.5) is 0 Å². The molecule has 1 amide bonds. The number of carbonyl (C=O) groups excluding carboxylic acids is 1. The van der Waals surface area contributed by atoms with Gasteiger partial charge in [-0.05, 0) is 30.5 Å². The van der Waals surface area contributed by atoms with Gasteiger partial charge in [-0.25, -0.2) is 0 Å². The van der Waals surface area contributed by atoms with E-state index in [0.717, 1.165) is 36.5 Å². The molecule has 1 aromatic rings. The Morgan fingerprint density at radius 2 is 2.14 bits per heavy atom. The van der Waals surface area contributed by atoms with Gasteiger partial charge in [-0.2, -0.15) is 0 Å². The average molecular weight is 310 g/mol. The lowest BCUT2D eigenvalue weighted by Crippen LogP contribution is -2.57. The van der Waals surface area contributed by atoms with E-state index >= 15 is 0 Å². The number of ether oxygens (including phenoxy) is 1. The van der Waals surface area contributed by atoms with Gasteiger partial charge in [0.05, 0.1) is 12.2 Å². The van der Waals surface area contributed by atoms with Crippen LogP contribution >= 0.6 is 11.6 Å². The summed E-state index contributed by atoms with van der Waals surface area (Å²) in [5, 5.41) is 10.5. The summed E-state index contributed by atoms with van der Waals surface area (Å²) in [6.45, 7) is 2.14. The van der Waals surface area contributed by atoms with Crippen molar-refractivity contribution in [3.05, 3.63) is 34.9 Å². The number of rotatable bonds is 3. The van der Waals surface area contributed by atoms with Gasteiger partial charge >= 0.3 is 0 Å². The molecule has 2 aliphatic heterocycles. The van der Waals surface area contributed by atoms with Crippen molar-refractivity contribution in [2.24, 2.45) is 0 Å². The SMILES string of the molecule is O=C(NC1CNC(c2cccc(Cl)c2)NC1)C1CCCO1. The van der Waals surface area contributed by atoms with Gasteiger partial charge in [-0.15, -0.1) is 0 Å². The molecule has 1 unspecified atom stereocenters. The smallest absolute Gasteiger partial charge is 0.249 e. The topological polar surface area (TPSA) is 62.4 Å². The molecule has 1 atom stereocenters. The summed E-state index contributed by atoms with van der Waals surface area (Å²) in [6.07, 6.45) is 1.59. The maximum absolute atomic E-state index is 12.0. The first-order chi connectivity index (χ1) is 10.2. The molecule has 114 valence electrons. The molecule has 3 rings (SSSR count). The van der Waals surface area contributed by atoms with Crippen molar-refractivity contribution >= 4 is 17.5 Å². The number of halogens is 1. The molecule has 0 radical (unpaired) electrons. The van der Waals surface area contributed by atoms with Gasteiger partial charge < -0.3 is 10.1 Å². The zero-order valence-electron chi connectivity index (χ0n) is 11.8. The summed E-state index contributed by atoms with van der Waals surface area (Å²) in [4.78, 5) is 12.0. The van der Waals surface area contributed by atoms with Crippen LogP contribution in [0.1, 0.15) is 24.6 Å². The molecule has 0 saturated carbocycles. The van der Waals surface area contributed by atoms with Crippen LogP contribution in [-0.4, -0.2) is 37.7 Å². The van der Waals surface area contributed by atoms with Crippen LogP contribution in [0.2, 0.25) is 5.02 Å². The van der Waals surface area contributed by atoms with Crippen LogP contribution in [0.3, 0.4) is 0 Å². The molecule has 2 fully saturated rings. The fourth-order valence-electron chi connectivity index (χ4n) is 2.77. The van der Waals surface area contributed by atoms with Crippen molar-refractivity contribution in [3.8, 4) is 0 Å². The first-order valence-electron chi connectivity index (χ1n) is 7.36. The third kappa shape index (κ3) is 3.74. The van der Waals surface area contributed by atoms with Crippen LogP contribution in [0.15, 0.2) is 24.3 Å². The van der Waals surface area contributed by atoms with E-state index in [1.54, 1.807) is 0 Å². The van der Waals surface area contributed by atoms with Crippen molar-refractivity contribution in [1.82, 2.24) is 16.0 Å². The summed E-state index contributed by atoms with van der Waals surface area (Å²) < 4.78 is 5.39. The lowest BCUT2D eigenvalue weighted by molar-refractivity contribution is -0.130. The van der Waals surface area contributed by atoms with Gasteiger partial charge in [0.15, 0.2) is 0 Å². The van der Waals surface area contributed by atoms with Crippen LogP contribution in [0, 0.1) is 0 Å². The number of hydrogen-bond acceptors (Lipinski definition) is 4. The highest BCUT2D eigenvalue weighted by atomic mass is 35.5. The number of nitrogens with one attached hydrogen (secondary N) is 3.